The molecule has 0 fully saturated rings. The Morgan fingerprint density at radius 2 is 1.95 bits per heavy atom. The lowest BCUT2D eigenvalue weighted by molar-refractivity contribution is 0.409. The lowest BCUT2D eigenvalue weighted by Gasteiger charge is -2.12. The van der Waals surface area contributed by atoms with Crippen LogP contribution in [0.2, 0.25) is 0 Å². The predicted octanol–water partition coefficient (Wildman–Crippen LogP) is 3.25. The Hall–Kier alpha value is -2.10. The number of rotatable bonds is 1. The normalized spacial score (nSPS) is 12.3. The van der Waals surface area contributed by atoms with Crippen LogP contribution in [-0.2, 0) is 12.8 Å². The standard InChI is InChI=1S/C14H15N3O.C2H6/c1-18-13-7-3-4-9-10(13)5-2-6-12-11(9)8-16-14(15)17-12;1-2/h3-4,7-8H,2,5-6H2,1H3,(H2,15,16,17);1-2H3. The SMILES string of the molecule is CC.COc1cccc2c1CCCc1nc(N)ncc1-2. The van der Waals surface area contributed by atoms with Crippen LogP contribution >= 0.6 is 0 Å². The van der Waals surface area contributed by atoms with Crippen LogP contribution in [0.4, 0.5) is 5.95 Å². The molecule has 0 spiro atoms. The van der Waals surface area contributed by atoms with Crippen LogP contribution in [0, 0.1) is 0 Å². The lowest BCUT2D eigenvalue weighted by Crippen LogP contribution is -2.00. The summed E-state index contributed by atoms with van der Waals surface area (Å²) in [6.07, 6.45) is 4.80. The van der Waals surface area contributed by atoms with Crippen molar-refractivity contribution in [3.05, 3.63) is 35.7 Å². The summed E-state index contributed by atoms with van der Waals surface area (Å²) in [5, 5.41) is 0. The second-order valence-electron chi connectivity index (χ2n) is 4.43. The molecule has 0 unspecified atom stereocenters. The van der Waals surface area contributed by atoms with Gasteiger partial charge in [-0.2, -0.15) is 0 Å². The van der Waals surface area contributed by atoms with Crippen LogP contribution < -0.4 is 10.5 Å². The van der Waals surface area contributed by atoms with Crippen LogP contribution in [0.15, 0.2) is 24.4 Å². The molecule has 1 aromatic heterocycles. The summed E-state index contributed by atoms with van der Waals surface area (Å²) in [6.45, 7) is 4.00. The van der Waals surface area contributed by atoms with Crippen molar-refractivity contribution < 1.29 is 4.74 Å². The van der Waals surface area contributed by atoms with E-state index in [0.29, 0.717) is 5.95 Å². The van der Waals surface area contributed by atoms with Gasteiger partial charge in [0.25, 0.3) is 0 Å². The van der Waals surface area contributed by atoms with Crippen molar-refractivity contribution >= 4 is 5.95 Å². The van der Waals surface area contributed by atoms with Gasteiger partial charge in [0.05, 0.1) is 12.8 Å². The zero-order valence-electron chi connectivity index (χ0n) is 12.3. The fourth-order valence-electron chi connectivity index (χ4n) is 2.55. The third-order valence-electron chi connectivity index (χ3n) is 3.37. The number of fused-ring (bicyclic) bond motifs is 3. The molecule has 3 rings (SSSR count). The highest BCUT2D eigenvalue weighted by Gasteiger charge is 2.18. The Morgan fingerprint density at radius 3 is 2.70 bits per heavy atom. The molecule has 0 atom stereocenters. The number of methoxy groups -OCH3 is 1. The van der Waals surface area contributed by atoms with Gasteiger partial charge >= 0.3 is 0 Å². The fraction of sp³-hybridized carbons (Fsp3) is 0.375. The number of nitrogens with two attached hydrogens (primary N) is 1. The molecule has 0 bridgehead atoms. The summed E-state index contributed by atoms with van der Waals surface area (Å²) in [6, 6.07) is 6.10. The minimum absolute atomic E-state index is 0.347. The molecule has 0 saturated carbocycles. The Labute approximate surface area is 120 Å². The zero-order valence-corrected chi connectivity index (χ0v) is 12.3. The molecular formula is C16H21N3O. The van der Waals surface area contributed by atoms with Gasteiger partial charge in [0.15, 0.2) is 0 Å². The largest absolute Gasteiger partial charge is 0.496 e. The molecule has 1 heterocycles. The van der Waals surface area contributed by atoms with Gasteiger partial charge in [0.2, 0.25) is 5.95 Å². The van der Waals surface area contributed by atoms with E-state index in [-0.39, 0.29) is 0 Å². The molecule has 4 nitrogen and oxygen atoms in total. The van der Waals surface area contributed by atoms with E-state index in [1.807, 2.05) is 32.2 Å². The summed E-state index contributed by atoms with van der Waals surface area (Å²) in [5.74, 6) is 1.29. The fourth-order valence-corrected chi connectivity index (χ4v) is 2.55. The van der Waals surface area contributed by atoms with Crippen LogP contribution in [0.1, 0.15) is 31.5 Å². The minimum Gasteiger partial charge on any atom is -0.496 e. The van der Waals surface area contributed by atoms with Crippen LogP contribution in [0.5, 0.6) is 5.75 Å². The van der Waals surface area contributed by atoms with Crippen molar-refractivity contribution in [1.82, 2.24) is 9.97 Å². The van der Waals surface area contributed by atoms with Crippen LogP contribution in [0.25, 0.3) is 11.1 Å². The molecular weight excluding hydrogens is 250 g/mol. The van der Waals surface area contributed by atoms with Crippen molar-refractivity contribution in [2.45, 2.75) is 33.1 Å². The van der Waals surface area contributed by atoms with Gasteiger partial charge in [-0.3, -0.25) is 0 Å². The average molecular weight is 271 g/mol. The highest BCUT2D eigenvalue weighted by atomic mass is 16.5. The van der Waals surface area contributed by atoms with Crippen LogP contribution in [-0.4, -0.2) is 17.1 Å². The summed E-state index contributed by atoms with van der Waals surface area (Å²) < 4.78 is 5.44. The number of nitrogen functional groups attached to an aromatic ring is 1. The van der Waals surface area contributed by atoms with E-state index in [2.05, 4.69) is 16.0 Å². The van der Waals surface area contributed by atoms with Gasteiger partial charge in [-0.15, -0.1) is 0 Å². The number of nitrogens with zero attached hydrogens (tertiary/aromatic N) is 2. The summed E-state index contributed by atoms with van der Waals surface area (Å²) >= 11 is 0. The second kappa shape index (κ2) is 6.37. The third kappa shape index (κ3) is 2.59. The van der Waals surface area contributed by atoms with E-state index in [9.17, 15) is 0 Å². The van der Waals surface area contributed by atoms with Gasteiger partial charge < -0.3 is 10.5 Å². The Bertz CT molecular complexity index is 596. The topological polar surface area (TPSA) is 61.0 Å². The first-order valence-electron chi connectivity index (χ1n) is 7.07. The molecule has 20 heavy (non-hydrogen) atoms. The molecule has 4 heteroatoms. The average Bonchev–Trinajstić information content (AvgIpc) is 2.67. The number of hydrogen-bond donors (Lipinski definition) is 1. The van der Waals surface area contributed by atoms with E-state index < -0.39 is 0 Å². The van der Waals surface area contributed by atoms with Crippen molar-refractivity contribution in [2.75, 3.05) is 12.8 Å². The number of aryl methyl sites for hydroxylation is 1. The summed E-state index contributed by atoms with van der Waals surface area (Å²) in [5.41, 5.74) is 10.2. The molecule has 1 aliphatic rings. The van der Waals surface area contributed by atoms with Crippen molar-refractivity contribution in [3.8, 4) is 16.9 Å². The highest BCUT2D eigenvalue weighted by Crippen LogP contribution is 2.36. The van der Waals surface area contributed by atoms with E-state index >= 15 is 0 Å². The number of anilines is 1. The Balaban J connectivity index is 0.000000704. The van der Waals surface area contributed by atoms with Crippen molar-refractivity contribution in [2.24, 2.45) is 0 Å². The number of hydrogen-bond acceptors (Lipinski definition) is 4. The van der Waals surface area contributed by atoms with Gasteiger partial charge in [0.1, 0.15) is 5.75 Å². The summed E-state index contributed by atoms with van der Waals surface area (Å²) in [7, 11) is 1.71. The van der Waals surface area contributed by atoms with E-state index in [4.69, 9.17) is 10.5 Å². The van der Waals surface area contributed by atoms with Gasteiger partial charge in [-0.1, -0.05) is 26.0 Å². The highest BCUT2D eigenvalue weighted by molar-refractivity contribution is 5.72. The maximum absolute atomic E-state index is 5.66. The van der Waals surface area contributed by atoms with E-state index in [0.717, 1.165) is 36.3 Å². The quantitative estimate of drug-likeness (QED) is 0.865. The Morgan fingerprint density at radius 1 is 1.15 bits per heavy atom. The number of ether oxygens (including phenoxy) is 1. The predicted molar refractivity (Wildman–Crippen MR) is 81.8 cm³/mol. The van der Waals surface area contributed by atoms with Crippen LogP contribution in [0.3, 0.4) is 0 Å². The first kappa shape index (κ1) is 14.3. The third-order valence-corrected chi connectivity index (χ3v) is 3.37. The van der Waals surface area contributed by atoms with Gasteiger partial charge in [0, 0.05) is 17.3 Å². The molecule has 0 radical (unpaired) electrons. The Kier molecular flexibility index (Phi) is 4.56. The van der Waals surface area contributed by atoms with Crippen molar-refractivity contribution in [1.29, 1.82) is 0 Å². The maximum atomic E-state index is 5.66. The van der Waals surface area contributed by atoms with Gasteiger partial charge in [-0.05, 0) is 30.9 Å². The maximum Gasteiger partial charge on any atom is 0.220 e. The number of aromatic nitrogens is 2. The molecule has 1 aliphatic carbocycles. The second-order valence-corrected chi connectivity index (χ2v) is 4.43. The summed E-state index contributed by atoms with van der Waals surface area (Å²) in [4.78, 5) is 8.47. The van der Waals surface area contributed by atoms with Gasteiger partial charge in [-0.25, -0.2) is 9.97 Å². The smallest absolute Gasteiger partial charge is 0.220 e. The monoisotopic (exact) mass is 271 g/mol. The first-order valence-corrected chi connectivity index (χ1v) is 7.07. The van der Waals surface area contributed by atoms with E-state index in [1.165, 1.54) is 11.1 Å². The molecule has 2 N–H and O–H groups in total. The number of benzene rings is 1. The molecule has 0 aliphatic heterocycles. The molecule has 0 saturated heterocycles. The molecule has 106 valence electrons. The van der Waals surface area contributed by atoms with E-state index in [1.54, 1.807) is 7.11 Å². The lowest BCUT2D eigenvalue weighted by atomic mass is 9.99. The van der Waals surface area contributed by atoms with Crippen molar-refractivity contribution in [3.63, 3.8) is 0 Å². The minimum atomic E-state index is 0.347. The molecule has 1 aromatic carbocycles. The first-order chi connectivity index (χ1) is 9.79. The molecule has 0 amide bonds. The zero-order chi connectivity index (χ0) is 14.5. The molecule has 2 aromatic rings.